The minimum absolute atomic E-state index is 0.191. The minimum Gasteiger partial charge on any atom is -0.481 e. The van der Waals surface area contributed by atoms with Crippen LogP contribution in [0.2, 0.25) is 0 Å². The minimum atomic E-state index is -4.01. The largest absolute Gasteiger partial charge is 0.481 e. The van der Waals surface area contributed by atoms with Crippen molar-refractivity contribution in [2.24, 2.45) is 0 Å². The highest BCUT2D eigenvalue weighted by atomic mass is 32.2. The number of aryl methyl sites for hydroxylation is 1. The quantitative estimate of drug-likeness (QED) is 0.312. The van der Waals surface area contributed by atoms with Crippen LogP contribution in [0, 0.1) is 6.92 Å². The summed E-state index contributed by atoms with van der Waals surface area (Å²) in [7, 11) is -0.480. The summed E-state index contributed by atoms with van der Waals surface area (Å²) in [5.41, 5.74) is 5.92. The number of rotatable bonds is 5. The van der Waals surface area contributed by atoms with Crippen LogP contribution < -0.4 is 9.21 Å². The zero-order valence-corrected chi connectivity index (χ0v) is 20.7. The Kier molecular flexibility index (Phi) is 5.83. The number of nitrogens with zero attached hydrogens (tertiary/aromatic N) is 2. The molecule has 1 aliphatic heterocycles. The predicted molar refractivity (Wildman–Crippen MR) is 141 cm³/mol. The van der Waals surface area contributed by atoms with Crippen LogP contribution >= 0.6 is 0 Å². The predicted octanol–water partition coefficient (Wildman–Crippen LogP) is 6.34. The highest BCUT2D eigenvalue weighted by molar-refractivity contribution is 7.93. The molecule has 0 atom stereocenters. The van der Waals surface area contributed by atoms with E-state index in [1.807, 2.05) is 80.7 Å². The number of para-hydroxylation sites is 3. The first kappa shape index (κ1) is 22.7. The molecule has 0 bridgehead atoms. The van der Waals surface area contributed by atoms with E-state index in [0.717, 1.165) is 33.6 Å². The lowest BCUT2D eigenvalue weighted by molar-refractivity contribution is 0.291. The summed E-state index contributed by atoms with van der Waals surface area (Å²) in [4.78, 5) is 2.31. The van der Waals surface area contributed by atoms with E-state index < -0.39 is 10.0 Å². The van der Waals surface area contributed by atoms with Gasteiger partial charge >= 0.3 is 0 Å². The Morgan fingerprint density at radius 2 is 1.26 bits per heavy atom. The Hall–Kier alpha value is -4.03. The average Bonchev–Trinajstić information content (AvgIpc) is 2.89. The maximum atomic E-state index is 14.2. The van der Waals surface area contributed by atoms with Gasteiger partial charge in [0, 0.05) is 29.5 Å². The summed E-state index contributed by atoms with van der Waals surface area (Å²) in [6.07, 6.45) is 0. The van der Waals surface area contributed by atoms with E-state index in [1.165, 1.54) is 11.4 Å². The Bertz CT molecular complexity index is 1460. The summed E-state index contributed by atoms with van der Waals surface area (Å²) >= 11 is 0. The lowest BCUT2D eigenvalue weighted by atomic mass is 9.90. The van der Waals surface area contributed by atoms with Crippen LogP contribution in [0.4, 0.5) is 17.1 Å². The fourth-order valence-corrected chi connectivity index (χ4v) is 5.97. The van der Waals surface area contributed by atoms with E-state index in [9.17, 15) is 8.42 Å². The molecule has 1 heterocycles. The number of hydrogen-bond donors (Lipinski definition) is 0. The van der Waals surface area contributed by atoms with Crippen molar-refractivity contribution in [3.8, 4) is 0 Å². The van der Waals surface area contributed by atoms with Gasteiger partial charge in [-0.05, 0) is 43.3 Å². The molecule has 4 aromatic rings. The fourth-order valence-electron chi connectivity index (χ4n) is 4.49. The molecule has 5 nitrogen and oxygen atoms in total. The smallest absolute Gasteiger partial charge is 0.271 e. The zero-order chi connectivity index (χ0) is 24.6. The van der Waals surface area contributed by atoms with Gasteiger partial charge in [0.15, 0.2) is 0 Å². The SMILES string of the molecule is COC(=C1c2ccccc2N(C)c2ccccc21)N(c1ccccc1)S(=O)(=O)c1ccc(C)cc1. The van der Waals surface area contributed by atoms with Gasteiger partial charge in [-0.15, -0.1) is 0 Å². The molecule has 0 amide bonds. The van der Waals surface area contributed by atoms with Crippen LogP contribution in [0.25, 0.3) is 5.57 Å². The van der Waals surface area contributed by atoms with Crippen LogP contribution in [0.15, 0.2) is 114 Å². The van der Waals surface area contributed by atoms with Gasteiger partial charge in [-0.3, -0.25) is 0 Å². The monoisotopic (exact) mass is 482 g/mol. The van der Waals surface area contributed by atoms with Gasteiger partial charge in [-0.25, -0.2) is 12.7 Å². The molecule has 0 N–H and O–H groups in total. The van der Waals surface area contributed by atoms with Crippen LogP contribution in [-0.4, -0.2) is 22.6 Å². The third-order valence-corrected chi connectivity index (χ3v) is 7.94. The average molecular weight is 483 g/mol. The first-order valence-electron chi connectivity index (χ1n) is 11.3. The van der Waals surface area contributed by atoms with E-state index in [4.69, 9.17) is 4.74 Å². The van der Waals surface area contributed by atoms with Crippen LogP contribution in [0.3, 0.4) is 0 Å². The van der Waals surface area contributed by atoms with Gasteiger partial charge in [-0.1, -0.05) is 72.3 Å². The third kappa shape index (κ3) is 3.86. The topological polar surface area (TPSA) is 49.9 Å². The maximum Gasteiger partial charge on any atom is 0.271 e. The lowest BCUT2D eigenvalue weighted by Gasteiger charge is -2.35. The highest BCUT2D eigenvalue weighted by Gasteiger charge is 2.35. The number of benzene rings is 4. The number of sulfonamides is 1. The molecule has 5 rings (SSSR count). The van der Waals surface area contributed by atoms with E-state index in [0.29, 0.717) is 5.69 Å². The third-order valence-electron chi connectivity index (χ3n) is 6.21. The van der Waals surface area contributed by atoms with Crippen molar-refractivity contribution < 1.29 is 13.2 Å². The first-order chi connectivity index (χ1) is 16.9. The second-order valence-electron chi connectivity index (χ2n) is 8.40. The van der Waals surface area contributed by atoms with Crippen LogP contribution in [-0.2, 0) is 14.8 Å². The molecule has 0 radical (unpaired) electrons. The Balaban J connectivity index is 1.86. The molecule has 176 valence electrons. The molecule has 0 fully saturated rings. The summed E-state index contributed by atoms with van der Waals surface area (Å²) < 4.78 is 35.7. The summed E-state index contributed by atoms with van der Waals surface area (Å²) in [5, 5.41) is 0. The van der Waals surface area contributed by atoms with Gasteiger partial charge in [0.1, 0.15) is 0 Å². The molecular formula is C29H26N2O3S. The van der Waals surface area contributed by atoms with Crippen molar-refractivity contribution in [3.63, 3.8) is 0 Å². The molecule has 0 aromatic heterocycles. The number of anilines is 3. The standard InChI is InChI=1S/C29H26N2O3S/c1-21-17-19-23(20-18-21)35(32,33)31(22-11-5-4-6-12-22)29(34-3)28-24-13-7-9-15-26(24)30(2)27-16-10-8-14-25(27)28/h4-20H,1-3H3. The van der Waals surface area contributed by atoms with E-state index in [-0.39, 0.29) is 10.8 Å². The fraction of sp³-hybridized carbons (Fsp3) is 0.103. The van der Waals surface area contributed by atoms with Crippen molar-refractivity contribution in [2.45, 2.75) is 11.8 Å². The van der Waals surface area contributed by atoms with Gasteiger partial charge in [-0.2, -0.15) is 0 Å². The molecule has 0 saturated carbocycles. The van der Waals surface area contributed by atoms with Crippen LogP contribution in [0.1, 0.15) is 16.7 Å². The Labute approximate surface area is 206 Å². The Morgan fingerprint density at radius 1 is 0.743 bits per heavy atom. The molecule has 0 spiro atoms. The highest BCUT2D eigenvalue weighted by Crippen LogP contribution is 2.47. The van der Waals surface area contributed by atoms with E-state index in [1.54, 1.807) is 36.4 Å². The number of hydrogen-bond acceptors (Lipinski definition) is 4. The van der Waals surface area contributed by atoms with E-state index >= 15 is 0 Å². The van der Waals surface area contributed by atoms with Crippen molar-refractivity contribution in [2.75, 3.05) is 23.4 Å². The van der Waals surface area contributed by atoms with Gasteiger partial charge in [0.05, 0.1) is 23.3 Å². The molecule has 0 unspecified atom stereocenters. The van der Waals surface area contributed by atoms with Gasteiger partial charge in [0.25, 0.3) is 10.0 Å². The second kappa shape index (κ2) is 8.96. The van der Waals surface area contributed by atoms with Crippen molar-refractivity contribution in [3.05, 3.63) is 126 Å². The number of methoxy groups -OCH3 is 1. The molecule has 0 aliphatic carbocycles. The van der Waals surface area contributed by atoms with Crippen LogP contribution in [0.5, 0.6) is 0 Å². The molecule has 0 saturated heterocycles. The summed E-state index contributed by atoms with van der Waals surface area (Å²) in [5.74, 6) is 0.241. The summed E-state index contributed by atoms with van der Waals surface area (Å²) in [6, 6.07) is 31.8. The van der Waals surface area contributed by atoms with Crippen molar-refractivity contribution >= 4 is 32.7 Å². The molecule has 35 heavy (non-hydrogen) atoms. The normalized spacial score (nSPS) is 12.5. The molecule has 1 aliphatic rings. The Morgan fingerprint density at radius 3 is 1.80 bits per heavy atom. The van der Waals surface area contributed by atoms with Gasteiger partial charge < -0.3 is 9.64 Å². The number of fused-ring (bicyclic) bond motifs is 2. The van der Waals surface area contributed by atoms with Crippen molar-refractivity contribution in [1.82, 2.24) is 0 Å². The van der Waals surface area contributed by atoms with Crippen molar-refractivity contribution in [1.29, 1.82) is 0 Å². The molecule has 6 heteroatoms. The first-order valence-corrected chi connectivity index (χ1v) is 12.8. The second-order valence-corrected chi connectivity index (χ2v) is 10.2. The number of ether oxygens (including phenoxy) is 1. The summed E-state index contributed by atoms with van der Waals surface area (Å²) in [6.45, 7) is 1.93. The van der Waals surface area contributed by atoms with Gasteiger partial charge in [0.2, 0.25) is 5.88 Å². The van der Waals surface area contributed by atoms with E-state index in [2.05, 4.69) is 4.90 Å². The maximum absolute atomic E-state index is 14.2. The molecular weight excluding hydrogens is 456 g/mol. The lowest BCUT2D eigenvalue weighted by Crippen LogP contribution is -2.33. The molecule has 4 aromatic carbocycles. The zero-order valence-electron chi connectivity index (χ0n) is 19.8.